The zero-order valence-electron chi connectivity index (χ0n) is 13.4. The summed E-state index contributed by atoms with van der Waals surface area (Å²) in [6, 6.07) is 5.86. The number of H-pyrrole nitrogens is 1. The molecular formula is C15H21BN4O2. The molecule has 0 saturated carbocycles. The molecule has 0 unspecified atom stereocenters. The molecule has 1 saturated heterocycles. The van der Waals surface area contributed by atoms with Gasteiger partial charge in [-0.3, -0.25) is 0 Å². The Morgan fingerprint density at radius 1 is 1.18 bits per heavy atom. The number of rotatable bonds is 3. The highest BCUT2D eigenvalue weighted by Gasteiger charge is 2.52. The van der Waals surface area contributed by atoms with Gasteiger partial charge in [0.05, 0.1) is 11.2 Å². The van der Waals surface area contributed by atoms with Gasteiger partial charge in [0.25, 0.3) is 0 Å². The summed E-state index contributed by atoms with van der Waals surface area (Å²) in [4.78, 5) is 0. The van der Waals surface area contributed by atoms with E-state index in [0.717, 1.165) is 22.1 Å². The van der Waals surface area contributed by atoms with E-state index in [1.54, 1.807) is 0 Å². The standard InChI is InChI=1S/C15H21BN4O2/c1-14(2)15(3,4)22-16(21-14)11(9-17)7-10-5-6-12-13(8-10)19-20-18-12/h5-8H,9,17H2,1-4H3,(H,18,19,20). The Hall–Kier alpha value is -1.70. The molecule has 116 valence electrons. The Balaban J connectivity index is 1.90. The average Bonchev–Trinajstić information content (AvgIpc) is 2.98. The minimum atomic E-state index is -0.428. The predicted octanol–water partition coefficient (Wildman–Crippen LogP) is 1.93. The molecule has 0 spiro atoms. The molecular weight excluding hydrogens is 279 g/mol. The third-order valence-corrected chi connectivity index (χ3v) is 4.48. The van der Waals surface area contributed by atoms with Gasteiger partial charge >= 0.3 is 7.12 Å². The maximum atomic E-state index is 6.06. The number of aromatic nitrogens is 3. The number of nitrogens with one attached hydrogen (secondary N) is 1. The second-order valence-corrected chi connectivity index (χ2v) is 6.58. The van der Waals surface area contributed by atoms with Crippen LogP contribution in [0, 0.1) is 0 Å². The van der Waals surface area contributed by atoms with Crippen LogP contribution in [0.3, 0.4) is 0 Å². The average molecular weight is 300 g/mol. The van der Waals surface area contributed by atoms with Crippen molar-refractivity contribution < 1.29 is 9.31 Å². The van der Waals surface area contributed by atoms with Crippen molar-refractivity contribution in [3.8, 4) is 0 Å². The lowest BCUT2D eigenvalue weighted by Crippen LogP contribution is -2.41. The molecule has 22 heavy (non-hydrogen) atoms. The lowest BCUT2D eigenvalue weighted by molar-refractivity contribution is 0.00578. The molecule has 3 N–H and O–H groups in total. The van der Waals surface area contributed by atoms with Crippen molar-refractivity contribution >= 4 is 24.2 Å². The first-order valence-corrected chi connectivity index (χ1v) is 7.39. The normalized spacial score (nSPS) is 20.8. The number of benzene rings is 1. The summed E-state index contributed by atoms with van der Waals surface area (Å²) in [5, 5.41) is 10.8. The highest BCUT2D eigenvalue weighted by atomic mass is 16.7. The van der Waals surface area contributed by atoms with Gasteiger partial charge in [0.1, 0.15) is 11.0 Å². The van der Waals surface area contributed by atoms with Gasteiger partial charge in [-0.15, -0.1) is 0 Å². The largest absolute Gasteiger partial charge is 0.491 e. The predicted molar refractivity (Wildman–Crippen MR) is 87.0 cm³/mol. The molecule has 1 aromatic heterocycles. The van der Waals surface area contributed by atoms with E-state index in [-0.39, 0.29) is 11.2 Å². The van der Waals surface area contributed by atoms with E-state index in [0.29, 0.717) is 6.54 Å². The highest BCUT2D eigenvalue weighted by Crippen LogP contribution is 2.38. The Morgan fingerprint density at radius 2 is 1.82 bits per heavy atom. The van der Waals surface area contributed by atoms with Gasteiger partial charge in [0.15, 0.2) is 0 Å². The molecule has 0 atom stereocenters. The van der Waals surface area contributed by atoms with Crippen molar-refractivity contribution in [1.29, 1.82) is 0 Å². The number of hydrogen-bond acceptors (Lipinski definition) is 5. The maximum Gasteiger partial charge on any atom is 0.491 e. The first-order chi connectivity index (χ1) is 10.3. The molecule has 1 aliphatic rings. The number of aromatic amines is 1. The van der Waals surface area contributed by atoms with Crippen molar-refractivity contribution in [1.82, 2.24) is 15.4 Å². The van der Waals surface area contributed by atoms with Crippen LogP contribution < -0.4 is 5.73 Å². The first-order valence-electron chi connectivity index (χ1n) is 7.39. The third kappa shape index (κ3) is 2.56. The Labute approximate surface area is 130 Å². The molecule has 1 fully saturated rings. The van der Waals surface area contributed by atoms with Gasteiger partial charge < -0.3 is 15.0 Å². The van der Waals surface area contributed by atoms with E-state index >= 15 is 0 Å². The number of nitrogens with zero attached hydrogens (tertiary/aromatic N) is 2. The molecule has 1 aliphatic heterocycles. The molecule has 2 heterocycles. The van der Waals surface area contributed by atoms with Crippen molar-refractivity contribution in [3.63, 3.8) is 0 Å². The minimum Gasteiger partial charge on any atom is -0.400 e. The number of fused-ring (bicyclic) bond motifs is 1. The molecule has 6 nitrogen and oxygen atoms in total. The van der Waals surface area contributed by atoms with Gasteiger partial charge in [-0.1, -0.05) is 12.1 Å². The van der Waals surface area contributed by atoms with Crippen LogP contribution in [0.4, 0.5) is 0 Å². The van der Waals surface area contributed by atoms with Crippen molar-refractivity contribution in [2.75, 3.05) is 6.54 Å². The van der Waals surface area contributed by atoms with E-state index < -0.39 is 7.12 Å². The van der Waals surface area contributed by atoms with Gasteiger partial charge in [-0.2, -0.15) is 15.4 Å². The summed E-state index contributed by atoms with van der Waals surface area (Å²) >= 11 is 0. The molecule has 7 heteroatoms. The smallest absolute Gasteiger partial charge is 0.400 e. The first kappa shape index (κ1) is 15.2. The molecule has 1 aromatic carbocycles. The Bertz CT molecular complexity index is 707. The summed E-state index contributed by atoms with van der Waals surface area (Å²) in [5.41, 5.74) is 8.72. The molecule has 2 aromatic rings. The van der Waals surface area contributed by atoms with Gasteiger partial charge in [0.2, 0.25) is 0 Å². The van der Waals surface area contributed by atoms with Crippen LogP contribution in [0.15, 0.2) is 23.7 Å². The lowest BCUT2D eigenvalue weighted by atomic mass is 9.77. The maximum absolute atomic E-state index is 6.06. The second-order valence-electron chi connectivity index (χ2n) is 6.58. The summed E-state index contributed by atoms with van der Waals surface area (Å²) in [5.74, 6) is 0. The van der Waals surface area contributed by atoms with Crippen LogP contribution in [0.2, 0.25) is 0 Å². The monoisotopic (exact) mass is 300 g/mol. The zero-order valence-corrected chi connectivity index (χ0v) is 13.4. The van der Waals surface area contributed by atoms with Gasteiger partial charge in [-0.05, 0) is 50.9 Å². The minimum absolute atomic E-state index is 0.369. The number of hydrogen-bond donors (Lipinski definition) is 2. The van der Waals surface area contributed by atoms with Gasteiger partial charge in [0, 0.05) is 6.54 Å². The molecule has 0 bridgehead atoms. The van der Waals surface area contributed by atoms with E-state index in [9.17, 15) is 0 Å². The highest BCUT2D eigenvalue weighted by molar-refractivity contribution is 6.55. The van der Waals surface area contributed by atoms with Crippen LogP contribution in [0.1, 0.15) is 33.3 Å². The van der Waals surface area contributed by atoms with Crippen molar-refractivity contribution in [3.05, 3.63) is 29.2 Å². The number of nitrogens with two attached hydrogens (primary N) is 1. The van der Waals surface area contributed by atoms with Crippen LogP contribution >= 0.6 is 0 Å². The molecule has 0 radical (unpaired) electrons. The van der Waals surface area contributed by atoms with Crippen LogP contribution in [0.5, 0.6) is 0 Å². The molecule has 3 rings (SSSR count). The van der Waals surface area contributed by atoms with Gasteiger partial charge in [-0.25, -0.2) is 0 Å². The van der Waals surface area contributed by atoms with Crippen LogP contribution in [-0.4, -0.2) is 40.3 Å². The lowest BCUT2D eigenvalue weighted by Gasteiger charge is -2.32. The van der Waals surface area contributed by atoms with Crippen LogP contribution in [0.25, 0.3) is 17.1 Å². The fraction of sp³-hybridized carbons (Fsp3) is 0.467. The molecule has 0 aliphatic carbocycles. The van der Waals surface area contributed by atoms with E-state index in [4.69, 9.17) is 15.0 Å². The SMILES string of the molecule is CC1(C)OB(C(=Cc2ccc3n[nH]nc3c2)CN)OC1(C)C. The second kappa shape index (κ2) is 5.19. The topological polar surface area (TPSA) is 86.0 Å². The van der Waals surface area contributed by atoms with E-state index in [1.165, 1.54) is 0 Å². The van der Waals surface area contributed by atoms with Crippen molar-refractivity contribution in [2.24, 2.45) is 5.73 Å². The third-order valence-electron chi connectivity index (χ3n) is 4.48. The summed E-state index contributed by atoms with van der Waals surface area (Å²) in [6.45, 7) is 8.49. The van der Waals surface area contributed by atoms with Crippen molar-refractivity contribution in [2.45, 2.75) is 38.9 Å². The fourth-order valence-electron chi connectivity index (χ4n) is 2.38. The van der Waals surface area contributed by atoms with E-state index in [2.05, 4.69) is 15.4 Å². The summed E-state index contributed by atoms with van der Waals surface area (Å²) in [7, 11) is -0.428. The molecule has 0 amide bonds. The Morgan fingerprint density at radius 3 is 2.45 bits per heavy atom. The zero-order chi connectivity index (χ0) is 16.0. The fourth-order valence-corrected chi connectivity index (χ4v) is 2.38. The van der Waals surface area contributed by atoms with Crippen LogP contribution in [-0.2, 0) is 9.31 Å². The summed E-state index contributed by atoms with van der Waals surface area (Å²) < 4.78 is 12.1. The quantitative estimate of drug-likeness (QED) is 0.846. The van der Waals surface area contributed by atoms with E-state index in [1.807, 2.05) is 52.0 Å². The Kier molecular flexibility index (Phi) is 3.59. The summed E-state index contributed by atoms with van der Waals surface area (Å²) in [6.07, 6.45) is 2.00.